The molecule has 1 fully saturated rings. The number of hydrogen-bond acceptors (Lipinski definition) is 4. The second kappa shape index (κ2) is 8.30. The second-order valence-electron chi connectivity index (χ2n) is 6.17. The van der Waals surface area contributed by atoms with Crippen LogP contribution in [0.5, 0.6) is 0 Å². The molecule has 7 heteroatoms. The van der Waals surface area contributed by atoms with Gasteiger partial charge in [0.15, 0.2) is 0 Å². The molecule has 1 saturated heterocycles. The van der Waals surface area contributed by atoms with E-state index in [1.54, 1.807) is 17.5 Å². The quantitative estimate of drug-likeness (QED) is 0.837. The molecule has 0 aromatic carbocycles. The number of amides is 2. The van der Waals surface area contributed by atoms with Gasteiger partial charge in [-0.3, -0.25) is 4.68 Å². The molecule has 6 nitrogen and oxygen atoms in total. The Morgan fingerprint density at radius 1 is 1.58 bits per heavy atom. The normalized spacial score (nSPS) is 18.5. The van der Waals surface area contributed by atoms with Gasteiger partial charge in [-0.15, -0.1) is 11.3 Å². The number of ether oxygens (including phenoxy) is 1. The molecule has 1 N–H and O–H groups in total. The van der Waals surface area contributed by atoms with Gasteiger partial charge >= 0.3 is 6.03 Å². The number of nitrogens with one attached hydrogen (secondary N) is 1. The van der Waals surface area contributed by atoms with Crippen LogP contribution in [0.4, 0.5) is 4.79 Å². The highest BCUT2D eigenvalue weighted by molar-refractivity contribution is 7.09. The Hall–Kier alpha value is -1.86. The molecule has 2 aromatic rings. The maximum absolute atomic E-state index is 12.7. The Balaban J connectivity index is 1.58. The highest BCUT2D eigenvalue weighted by Gasteiger charge is 2.24. The fourth-order valence-corrected chi connectivity index (χ4v) is 3.60. The monoisotopic (exact) mass is 348 g/mol. The zero-order valence-electron chi connectivity index (χ0n) is 13.9. The standard InChI is InChI=1S/C17H24N4O2S/c1-14(11-21-8-4-7-18-21)19-17(22)20(12-15-5-2-9-23-15)13-16-6-3-10-24-16/h3-4,6-8,10,14-15H,2,5,9,11-13H2,1H3,(H,19,22)/t14-,15-/m0/s1. The van der Waals surface area contributed by atoms with Crippen LogP contribution >= 0.6 is 11.3 Å². The van der Waals surface area contributed by atoms with Crippen LogP contribution in [0.1, 0.15) is 24.6 Å². The van der Waals surface area contributed by atoms with Crippen molar-refractivity contribution >= 4 is 17.4 Å². The van der Waals surface area contributed by atoms with Crippen molar-refractivity contribution in [1.82, 2.24) is 20.0 Å². The van der Waals surface area contributed by atoms with Gasteiger partial charge in [0.05, 0.1) is 19.2 Å². The minimum absolute atomic E-state index is 0.00716. The molecule has 130 valence electrons. The van der Waals surface area contributed by atoms with Crippen molar-refractivity contribution in [2.24, 2.45) is 0 Å². The van der Waals surface area contributed by atoms with Gasteiger partial charge in [-0.25, -0.2) is 4.79 Å². The summed E-state index contributed by atoms with van der Waals surface area (Å²) in [4.78, 5) is 15.8. The maximum atomic E-state index is 12.7. The predicted octanol–water partition coefficient (Wildman–Crippen LogP) is 2.72. The first-order chi connectivity index (χ1) is 11.7. The van der Waals surface area contributed by atoms with Gasteiger partial charge < -0.3 is 15.0 Å². The molecule has 0 radical (unpaired) electrons. The van der Waals surface area contributed by atoms with Crippen molar-refractivity contribution in [2.45, 2.75) is 45.0 Å². The van der Waals surface area contributed by atoms with Gasteiger partial charge in [-0.2, -0.15) is 5.10 Å². The van der Waals surface area contributed by atoms with Crippen molar-refractivity contribution in [2.75, 3.05) is 13.2 Å². The number of hydrogen-bond donors (Lipinski definition) is 1. The number of rotatable bonds is 7. The van der Waals surface area contributed by atoms with Crippen molar-refractivity contribution in [3.63, 3.8) is 0 Å². The first kappa shape index (κ1) is 17.0. The molecule has 2 aromatic heterocycles. The Morgan fingerprint density at radius 2 is 2.50 bits per heavy atom. The molecule has 0 aliphatic carbocycles. The molecular weight excluding hydrogens is 324 g/mol. The fourth-order valence-electron chi connectivity index (χ4n) is 2.88. The van der Waals surface area contributed by atoms with Crippen LogP contribution in [0.25, 0.3) is 0 Å². The summed E-state index contributed by atoms with van der Waals surface area (Å²) in [6.45, 7) is 4.71. The topological polar surface area (TPSA) is 59.4 Å². The van der Waals surface area contributed by atoms with Crippen molar-refractivity contribution < 1.29 is 9.53 Å². The van der Waals surface area contributed by atoms with Gasteiger partial charge in [0.25, 0.3) is 0 Å². The largest absolute Gasteiger partial charge is 0.376 e. The van der Waals surface area contributed by atoms with Crippen LogP contribution in [0.2, 0.25) is 0 Å². The molecule has 24 heavy (non-hydrogen) atoms. The lowest BCUT2D eigenvalue weighted by Gasteiger charge is -2.27. The molecule has 1 aliphatic heterocycles. The molecule has 2 atom stereocenters. The Morgan fingerprint density at radius 3 is 3.17 bits per heavy atom. The lowest BCUT2D eigenvalue weighted by molar-refractivity contribution is 0.0791. The lowest BCUT2D eigenvalue weighted by Crippen LogP contribution is -2.47. The number of aromatic nitrogens is 2. The van der Waals surface area contributed by atoms with Crippen LogP contribution in [0, 0.1) is 0 Å². The minimum Gasteiger partial charge on any atom is -0.376 e. The zero-order valence-corrected chi connectivity index (χ0v) is 14.7. The third kappa shape index (κ3) is 4.82. The summed E-state index contributed by atoms with van der Waals surface area (Å²) in [6.07, 6.45) is 5.90. The van der Waals surface area contributed by atoms with E-state index in [0.717, 1.165) is 19.4 Å². The average Bonchev–Trinajstić information content (AvgIpc) is 3.30. The summed E-state index contributed by atoms with van der Waals surface area (Å²) >= 11 is 1.67. The number of thiophene rings is 1. The van der Waals surface area contributed by atoms with E-state index in [-0.39, 0.29) is 18.2 Å². The van der Waals surface area contributed by atoms with E-state index in [1.165, 1.54) is 4.88 Å². The van der Waals surface area contributed by atoms with Crippen LogP contribution in [-0.2, 0) is 17.8 Å². The SMILES string of the molecule is C[C@@H](Cn1cccn1)NC(=O)N(Cc1cccs1)C[C@@H]1CCCO1. The molecule has 1 aliphatic rings. The lowest BCUT2D eigenvalue weighted by atomic mass is 10.2. The van der Waals surface area contributed by atoms with Gasteiger partial charge in [-0.1, -0.05) is 6.07 Å². The van der Waals surface area contributed by atoms with Gasteiger partial charge in [0.2, 0.25) is 0 Å². The fraction of sp³-hybridized carbons (Fsp3) is 0.529. The van der Waals surface area contributed by atoms with E-state index >= 15 is 0 Å². The van der Waals surface area contributed by atoms with Crippen LogP contribution in [0.15, 0.2) is 36.0 Å². The third-order valence-electron chi connectivity index (χ3n) is 4.05. The van der Waals surface area contributed by atoms with Crippen molar-refractivity contribution in [3.8, 4) is 0 Å². The predicted molar refractivity (Wildman–Crippen MR) is 93.9 cm³/mol. The number of carbonyl (C=O) groups excluding carboxylic acids is 1. The Labute approximate surface area is 146 Å². The van der Waals surface area contributed by atoms with E-state index in [4.69, 9.17) is 4.74 Å². The Bertz CT molecular complexity index is 609. The smallest absolute Gasteiger partial charge is 0.318 e. The molecule has 0 spiro atoms. The van der Waals surface area contributed by atoms with E-state index in [9.17, 15) is 4.79 Å². The number of urea groups is 1. The molecule has 3 rings (SSSR count). The second-order valence-corrected chi connectivity index (χ2v) is 7.21. The molecule has 0 saturated carbocycles. The Kier molecular flexibility index (Phi) is 5.87. The first-order valence-corrected chi connectivity index (χ1v) is 9.25. The maximum Gasteiger partial charge on any atom is 0.318 e. The van der Waals surface area contributed by atoms with E-state index in [2.05, 4.69) is 16.5 Å². The van der Waals surface area contributed by atoms with E-state index in [0.29, 0.717) is 19.6 Å². The molecule has 2 amide bonds. The van der Waals surface area contributed by atoms with Crippen molar-refractivity contribution in [1.29, 1.82) is 0 Å². The summed E-state index contributed by atoms with van der Waals surface area (Å²) in [5.74, 6) is 0. The summed E-state index contributed by atoms with van der Waals surface area (Å²) in [5, 5.41) is 9.31. The summed E-state index contributed by atoms with van der Waals surface area (Å²) in [6, 6.07) is 5.93. The van der Waals surface area contributed by atoms with E-state index in [1.807, 2.05) is 40.2 Å². The van der Waals surface area contributed by atoms with Crippen molar-refractivity contribution in [3.05, 3.63) is 40.8 Å². The highest BCUT2D eigenvalue weighted by Crippen LogP contribution is 2.17. The minimum atomic E-state index is -0.0430. The summed E-state index contributed by atoms with van der Waals surface area (Å²) in [7, 11) is 0. The highest BCUT2D eigenvalue weighted by atomic mass is 32.1. The van der Waals surface area contributed by atoms with Crippen LogP contribution in [-0.4, -0.2) is 46.0 Å². The molecule has 0 bridgehead atoms. The number of nitrogens with zero attached hydrogens (tertiary/aromatic N) is 3. The van der Waals surface area contributed by atoms with Gasteiger partial charge in [0, 0.05) is 36.5 Å². The zero-order chi connectivity index (χ0) is 16.8. The van der Waals surface area contributed by atoms with Gasteiger partial charge in [0.1, 0.15) is 0 Å². The first-order valence-electron chi connectivity index (χ1n) is 8.37. The average molecular weight is 348 g/mol. The molecule has 3 heterocycles. The summed E-state index contributed by atoms with van der Waals surface area (Å²) < 4.78 is 7.54. The van der Waals surface area contributed by atoms with E-state index < -0.39 is 0 Å². The van der Waals surface area contributed by atoms with Gasteiger partial charge in [-0.05, 0) is 37.3 Å². The summed E-state index contributed by atoms with van der Waals surface area (Å²) in [5.41, 5.74) is 0. The molecular formula is C17H24N4O2S. The molecule has 0 unspecified atom stereocenters. The third-order valence-corrected chi connectivity index (χ3v) is 4.91. The number of carbonyl (C=O) groups is 1. The van der Waals surface area contributed by atoms with Crippen LogP contribution < -0.4 is 5.32 Å². The van der Waals surface area contributed by atoms with Crippen LogP contribution in [0.3, 0.4) is 0 Å².